The number of Topliss-reactive ketones (excluding diaryl/α,β-unsaturated/α-hetero) is 1. The van der Waals surface area contributed by atoms with Gasteiger partial charge in [-0.05, 0) is 31.9 Å². The number of amides is 2. The number of ketones is 1. The number of nitrogens with zero attached hydrogens (tertiary/aromatic N) is 1. The van der Waals surface area contributed by atoms with Gasteiger partial charge < -0.3 is 15.7 Å². The Morgan fingerprint density at radius 1 is 1.32 bits per heavy atom. The van der Waals surface area contributed by atoms with E-state index in [1.165, 1.54) is 18.3 Å². The highest BCUT2D eigenvalue weighted by atomic mass is 32.1. The van der Waals surface area contributed by atoms with Gasteiger partial charge in [0.15, 0.2) is 10.9 Å². The van der Waals surface area contributed by atoms with Crippen molar-refractivity contribution in [2.45, 2.75) is 33.6 Å². The Kier molecular flexibility index (Phi) is 5.46. The van der Waals surface area contributed by atoms with Gasteiger partial charge in [0, 0.05) is 28.4 Å². The van der Waals surface area contributed by atoms with Crippen LogP contribution in [-0.4, -0.2) is 32.5 Å². The number of H-pyrrole nitrogens is 2. The molecule has 9 heteroatoms. The van der Waals surface area contributed by atoms with Crippen LogP contribution in [0.3, 0.4) is 0 Å². The lowest BCUT2D eigenvalue weighted by Gasteiger charge is -2.05. The topological polar surface area (TPSA) is 134 Å². The van der Waals surface area contributed by atoms with Crippen LogP contribution in [0.4, 0.5) is 5.13 Å². The highest BCUT2D eigenvalue weighted by Gasteiger charge is 2.23. The summed E-state index contributed by atoms with van der Waals surface area (Å²) >= 11 is 1.27. The maximum atomic E-state index is 12.8. The second kappa shape index (κ2) is 7.81. The van der Waals surface area contributed by atoms with Crippen molar-refractivity contribution in [1.82, 2.24) is 15.0 Å². The Labute approximate surface area is 165 Å². The van der Waals surface area contributed by atoms with E-state index < -0.39 is 5.91 Å². The number of thiazole rings is 1. The van der Waals surface area contributed by atoms with E-state index in [4.69, 9.17) is 5.73 Å². The number of aryl methyl sites for hydroxylation is 1. The lowest BCUT2D eigenvalue weighted by Crippen LogP contribution is -2.15. The first kappa shape index (κ1) is 19.6. The van der Waals surface area contributed by atoms with Crippen molar-refractivity contribution in [2.24, 2.45) is 5.73 Å². The van der Waals surface area contributed by atoms with E-state index in [2.05, 4.69) is 20.3 Å². The molecule has 3 heterocycles. The van der Waals surface area contributed by atoms with Crippen LogP contribution in [0.1, 0.15) is 62.9 Å². The number of aromatic nitrogens is 3. The largest absolute Gasteiger partial charge is 0.364 e. The summed E-state index contributed by atoms with van der Waals surface area (Å²) < 4.78 is 0. The van der Waals surface area contributed by atoms with E-state index in [1.54, 1.807) is 24.6 Å². The number of primary amides is 1. The van der Waals surface area contributed by atoms with Crippen molar-refractivity contribution < 1.29 is 14.4 Å². The van der Waals surface area contributed by atoms with E-state index in [0.717, 1.165) is 12.0 Å². The van der Waals surface area contributed by atoms with Gasteiger partial charge in [0.25, 0.3) is 11.8 Å². The molecule has 0 spiro atoms. The number of rotatable bonds is 7. The quantitative estimate of drug-likeness (QED) is 0.454. The third-order valence-electron chi connectivity index (χ3n) is 4.34. The van der Waals surface area contributed by atoms with Crippen LogP contribution in [0.25, 0.3) is 11.3 Å². The summed E-state index contributed by atoms with van der Waals surface area (Å²) in [6.45, 7) is 5.29. The highest BCUT2D eigenvalue weighted by molar-refractivity contribution is 7.14. The lowest BCUT2D eigenvalue weighted by molar-refractivity contribution is 0.0991. The van der Waals surface area contributed by atoms with Crippen molar-refractivity contribution in [3.05, 3.63) is 45.9 Å². The minimum absolute atomic E-state index is 0.0644. The Hall–Kier alpha value is -3.20. The molecule has 0 aliphatic rings. The number of anilines is 1. The molecule has 146 valence electrons. The predicted molar refractivity (Wildman–Crippen MR) is 108 cm³/mol. The SMILES string of the molecule is CCCc1c(C(=O)Nc2nc(-c3c[nH]c(C(N)=O)c3)cs2)[nH]c(C)c1C(C)=O. The highest BCUT2D eigenvalue weighted by Crippen LogP contribution is 2.27. The molecular weight excluding hydrogens is 378 g/mol. The maximum Gasteiger partial charge on any atom is 0.274 e. The number of carbonyl (C=O) groups excluding carboxylic acids is 3. The van der Waals surface area contributed by atoms with Crippen LogP contribution in [0.5, 0.6) is 0 Å². The van der Waals surface area contributed by atoms with E-state index >= 15 is 0 Å². The summed E-state index contributed by atoms with van der Waals surface area (Å²) in [4.78, 5) is 46.2. The van der Waals surface area contributed by atoms with Crippen molar-refractivity contribution in [2.75, 3.05) is 5.32 Å². The van der Waals surface area contributed by atoms with Gasteiger partial charge in [-0.15, -0.1) is 11.3 Å². The molecule has 0 saturated carbocycles. The lowest BCUT2D eigenvalue weighted by atomic mass is 10.0. The number of hydrogen-bond acceptors (Lipinski definition) is 5. The van der Waals surface area contributed by atoms with Gasteiger partial charge in [0.1, 0.15) is 11.4 Å². The molecule has 0 aliphatic heterocycles. The molecule has 3 aromatic heterocycles. The fourth-order valence-corrected chi connectivity index (χ4v) is 3.87. The van der Waals surface area contributed by atoms with Crippen LogP contribution in [0.15, 0.2) is 17.6 Å². The second-order valence-electron chi connectivity index (χ2n) is 6.44. The van der Waals surface area contributed by atoms with E-state index in [0.29, 0.717) is 39.8 Å². The first-order chi connectivity index (χ1) is 13.3. The van der Waals surface area contributed by atoms with Crippen molar-refractivity contribution in [3.63, 3.8) is 0 Å². The zero-order chi connectivity index (χ0) is 20.4. The second-order valence-corrected chi connectivity index (χ2v) is 7.30. The average Bonchev–Trinajstić information content (AvgIpc) is 3.33. The molecule has 0 aromatic carbocycles. The van der Waals surface area contributed by atoms with Crippen LogP contribution in [-0.2, 0) is 6.42 Å². The molecule has 0 aliphatic carbocycles. The monoisotopic (exact) mass is 399 g/mol. The Morgan fingerprint density at radius 2 is 2.07 bits per heavy atom. The van der Waals surface area contributed by atoms with Gasteiger partial charge >= 0.3 is 0 Å². The third-order valence-corrected chi connectivity index (χ3v) is 5.10. The molecule has 0 bridgehead atoms. The van der Waals surface area contributed by atoms with Crippen molar-refractivity contribution >= 4 is 34.1 Å². The summed E-state index contributed by atoms with van der Waals surface area (Å²) in [6, 6.07) is 1.61. The molecule has 0 atom stereocenters. The molecule has 28 heavy (non-hydrogen) atoms. The minimum Gasteiger partial charge on any atom is -0.364 e. The van der Waals surface area contributed by atoms with Gasteiger partial charge in [-0.3, -0.25) is 19.7 Å². The van der Waals surface area contributed by atoms with E-state index in [-0.39, 0.29) is 17.4 Å². The normalized spacial score (nSPS) is 10.8. The number of aromatic amines is 2. The van der Waals surface area contributed by atoms with Gasteiger partial charge in [-0.25, -0.2) is 4.98 Å². The zero-order valence-corrected chi connectivity index (χ0v) is 16.6. The molecule has 0 fully saturated rings. The third kappa shape index (κ3) is 3.74. The first-order valence-corrected chi connectivity index (χ1v) is 9.67. The molecule has 3 rings (SSSR count). The Bertz CT molecular complexity index is 1060. The first-order valence-electron chi connectivity index (χ1n) is 8.79. The summed E-state index contributed by atoms with van der Waals surface area (Å²) in [7, 11) is 0. The summed E-state index contributed by atoms with van der Waals surface area (Å²) in [6.07, 6.45) is 3.08. The molecule has 0 saturated heterocycles. The smallest absolute Gasteiger partial charge is 0.274 e. The summed E-state index contributed by atoms with van der Waals surface area (Å²) in [5.74, 6) is -0.959. The molecule has 3 aromatic rings. The molecule has 5 N–H and O–H groups in total. The maximum absolute atomic E-state index is 12.8. The van der Waals surface area contributed by atoms with Gasteiger partial charge in [0.2, 0.25) is 0 Å². The van der Waals surface area contributed by atoms with Gasteiger partial charge in [-0.2, -0.15) is 0 Å². The average molecular weight is 399 g/mol. The summed E-state index contributed by atoms with van der Waals surface area (Å²) in [5.41, 5.74) is 9.24. The van der Waals surface area contributed by atoms with Crippen LogP contribution < -0.4 is 11.1 Å². The standard InChI is InChI=1S/C19H21N5O3S/c1-4-5-12-15(10(3)25)9(2)22-16(12)18(27)24-19-23-14(8-28-19)11-6-13(17(20)26)21-7-11/h6-8,21-22H,4-5H2,1-3H3,(H2,20,26)(H,23,24,27). The zero-order valence-electron chi connectivity index (χ0n) is 15.8. The number of carbonyl (C=O) groups is 3. The van der Waals surface area contributed by atoms with Gasteiger partial charge in [0.05, 0.1) is 5.69 Å². The molecule has 8 nitrogen and oxygen atoms in total. The molecular formula is C19H21N5O3S. The van der Waals surface area contributed by atoms with E-state index in [9.17, 15) is 14.4 Å². The van der Waals surface area contributed by atoms with Crippen molar-refractivity contribution in [3.8, 4) is 11.3 Å². The predicted octanol–water partition coefficient (Wildman–Crippen LogP) is 3.28. The Morgan fingerprint density at radius 3 is 2.68 bits per heavy atom. The fourth-order valence-electron chi connectivity index (χ4n) is 3.15. The number of hydrogen-bond donors (Lipinski definition) is 4. The minimum atomic E-state index is -0.554. The van der Waals surface area contributed by atoms with Crippen LogP contribution in [0.2, 0.25) is 0 Å². The molecule has 2 amide bonds. The Balaban J connectivity index is 1.84. The van der Waals surface area contributed by atoms with Gasteiger partial charge in [-0.1, -0.05) is 13.3 Å². The van der Waals surface area contributed by atoms with E-state index in [1.807, 2.05) is 6.92 Å². The van der Waals surface area contributed by atoms with Crippen LogP contribution in [0, 0.1) is 6.92 Å². The summed E-state index contributed by atoms with van der Waals surface area (Å²) in [5, 5.41) is 4.97. The van der Waals surface area contributed by atoms with Crippen molar-refractivity contribution in [1.29, 1.82) is 0 Å². The molecule has 0 unspecified atom stereocenters. The van der Waals surface area contributed by atoms with Crippen LogP contribution >= 0.6 is 11.3 Å². The fraction of sp³-hybridized carbons (Fsp3) is 0.263. The number of nitrogens with two attached hydrogens (primary N) is 1. The number of nitrogens with one attached hydrogen (secondary N) is 3. The molecule has 0 radical (unpaired) electrons.